The van der Waals surface area contributed by atoms with Crippen molar-refractivity contribution in [3.63, 3.8) is 0 Å². The highest BCUT2D eigenvalue weighted by Gasteiger charge is 2.53. The van der Waals surface area contributed by atoms with Gasteiger partial charge in [0.05, 0.1) is 6.20 Å². The molecule has 2 aromatic heterocycles. The third-order valence-electron chi connectivity index (χ3n) is 6.10. The molecular weight excluding hydrogens is 371 g/mol. The first-order valence-corrected chi connectivity index (χ1v) is 9.63. The number of alkyl halides is 1. The average molecular weight is 392 g/mol. The molecule has 0 spiro atoms. The third-order valence-corrected chi connectivity index (χ3v) is 6.10. The van der Waals surface area contributed by atoms with Gasteiger partial charge in [0.15, 0.2) is 0 Å². The van der Waals surface area contributed by atoms with Crippen LogP contribution in [-0.4, -0.2) is 37.5 Å². The number of aromatic nitrogens is 4. The van der Waals surface area contributed by atoms with Gasteiger partial charge in [-0.05, 0) is 41.8 Å². The van der Waals surface area contributed by atoms with E-state index in [2.05, 4.69) is 33.2 Å². The SMILES string of the molecule is C[C@@]12C=C[C@@](C)(C1)[C@H](F)[C@@H](Oc1ncc(-c3cc4ccncc4cc3O)nn1)C2. The number of rotatable bonds is 3. The van der Waals surface area contributed by atoms with E-state index in [1.807, 2.05) is 25.1 Å². The number of phenols is 1. The average Bonchev–Trinajstić information content (AvgIpc) is 2.98. The molecule has 1 saturated carbocycles. The highest BCUT2D eigenvalue weighted by molar-refractivity contribution is 5.89. The van der Waals surface area contributed by atoms with Crippen LogP contribution < -0.4 is 4.74 Å². The van der Waals surface area contributed by atoms with Crippen LogP contribution in [0.25, 0.3) is 22.0 Å². The van der Waals surface area contributed by atoms with Crippen molar-refractivity contribution in [1.29, 1.82) is 0 Å². The molecule has 7 heteroatoms. The van der Waals surface area contributed by atoms with Crippen LogP contribution in [0, 0.1) is 10.8 Å². The minimum Gasteiger partial charge on any atom is -0.507 e. The van der Waals surface area contributed by atoms with E-state index in [1.54, 1.807) is 18.5 Å². The molecule has 2 heterocycles. The molecule has 0 aliphatic heterocycles. The number of hydrogen-bond donors (Lipinski definition) is 1. The molecule has 1 N–H and O–H groups in total. The van der Waals surface area contributed by atoms with Crippen LogP contribution in [0.5, 0.6) is 11.8 Å². The van der Waals surface area contributed by atoms with Crippen molar-refractivity contribution in [3.8, 4) is 23.0 Å². The predicted octanol–water partition coefficient (Wildman–Crippen LogP) is 4.25. The molecule has 1 fully saturated rings. The van der Waals surface area contributed by atoms with Crippen LogP contribution in [0.15, 0.2) is 48.9 Å². The zero-order valence-electron chi connectivity index (χ0n) is 16.2. The number of hydrogen-bond acceptors (Lipinski definition) is 6. The van der Waals surface area contributed by atoms with E-state index in [1.165, 1.54) is 6.20 Å². The lowest BCUT2D eigenvalue weighted by Crippen LogP contribution is -2.47. The Bertz CT molecular complexity index is 1120. The molecule has 0 radical (unpaired) electrons. The Labute approximate surface area is 167 Å². The van der Waals surface area contributed by atoms with E-state index in [0.717, 1.165) is 17.2 Å². The standard InChI is InChI=1S/C22H21FN4O2/c1-21-4-5-22(2,12-21)19(23)18(9-21)29-20-25-11-16(26-27-20)15-7-13-3-6-24-10-14(13)8-17(15)28/h3-8,10-11,18-19,28H,9,12H2,1-2H3/t18-,19+,21-,22-/m0/s1. The molecular formula is C22H21FN4O2. The van der Waals surface area contributed by atoms with Crippen LogP contribution in [0.3, 0.4) is 0 Å². The number of phenolic OH excluding ortho intramolecular Hbond substituents is 1. The summed E-state index contributed by atoms with van der Waals surface area (Å²) in [6.45, 7) is 4.05. The van der Waals surface area contributed by atoms with E-state index in [4.69, 9.17) is 4.74 Å². The maximum absolute atomic E-state index is 15.0. The van der Waals surface area contributed by atoms with Gasteiger partial charge < -0.3 is 9.84 Å². The fourth-order valence-electron chi connectivity index (χ4n) is 4.70. The lowest BCUT2D eigenvalue weighted by Gasteiger charge is -2.42. The minimum atomic E-state index is -1.13. The number of ether oxygens (including phenoxy) is 1. The zero-order chi connectivity index (χ0) is 20.2. The summed E-state index contributed by atoms with van der Waals surface area (Å²) in [7, 11) is 0. The summed E-state index contributed by atoms with van der Waals surface area (Å²) in [5.74, 6) is 0.0647. The molecule has 0 saturated heterocycles. The van der Waals surface area contributed by atoms with Crippen LogP contribution in [0.4, 0.5) is 4.39 Å². The van der Waals surface area contributed by atoms with Crippen LogP contribution in [0.2, 0.25) is 0 Å². The van der Waals surface area contributed by atoms with Crippen molar-refractivity contribution in [2.24, 2.45) is 10.8 Å². The van der Waals surface area contributed by atoms with Gasteiger partial charge >= 0.3 is 6.01 Å². The number of allylic oxidation sites excluding steroid dienone is 2. The summed E-state index contributed by atoms with van der Waals surface area (Å²) in [4.78, 5) is 8.27. The number of nitrogens with zero attached hydrogens (tertiary/aromatic N) is 4. The largest absolute Gasteiger partial charge is 0.507 e. The molecule has 0 amide bonds. The molecule has 2 bridgehead atoms. The number of halogens is 1. The molecule has 148 valence electrons. The Morgan fingerprint density at radius 1 is 1.14 bits per heavy atom. The first kappa shape index (κ1) is 18.0. The van der Waals surface area contributed by atoms with Gasteiger partial charge in [0, 0.05) is 28.8 Å². The van der Waals surface area contributed by atoms with E-state index < -0.39 is 17.7 Å². The number of benzene rings is 1. The van der Waals surface area contributed by atoms with Gasteiger partial charge in [-0.25, -0.2) is 9.37 Å². The van der Waals surface area contributed by atoms with Gasteiger partial charge in [0.1, 0.15) is 23.7 Å². The highest BCUT2D eigenvalue weighted by Crippen LogP contribution is 2.55. The Kier molecular flexibility index (Phi) is 3.84. The van der Waals surface area contributed by atoms with Crippen LogP contribution >= 0.6 is 0 Å². The molecule has 2 aliphatic rings. The monoisotopic (exact) mass is 392 g/mol. The fraction of sp³-hybridized carbons (Fsp3) is 0.364. The summed E-state index contributed by atoms with van der Waals surface area (Å²) in [6, 6.07) is 5.33. The summed E-state index contributed by atoms with van der Waals surface area (Å²) in [5, 5.41) is 20.3. The summed E-state index contributed by atoms with van der Waals surface area (Å²) in [5.41, 5.74) is 0.339. The van der Waals surface area contributed by atoms with Gasteiger partial charge in [-0.1, -0.05) is 31.1 Å². The second kappa shape index (κ2) is 6.20. The maximum atomic E-state index is 15.0. The van der Waals surface area contributed by atoms with Gasteiger partial charge in [-0.3, -0.25) is 4.98 Å². The van der Waals surface area contributed by atoms with Gasteiger partial charge in [-0.15, -0.1) is 5.10 Å². The molecule has 1 aromatic carbocycles. The van der Waals surface area contributed by atoms with E-state index in [0.29, 0.717) is 17.7 Å². The minimum absolute atomic E-state index is 0.0411. The fourth-order valence-corrected chi connectivity index (χ4v) is 4.70. The zero-order valence-corrected chi connectivity index (χ0v) is 16.2. The molecule has 0 unspecified atom stereocenters. The quantitative estimate of drug-likeness (QED) is 0.671. The topological polar surface area (TPSA) is 81.0 Å². The Balaban J connectivity index is 1.39. The first-order chi connectivity index (χ1) is 13.9. The molecule has 29 heavy (non-hydrogen) atoms. The van der Waals surface area contributed by atoms with Crippen molar-refractivity contribution in [2.45, 2.75) is 39.0 Å². The Morgan fingerprint density at radius 2 is 2.00 bits per heavy atom. The third kappa shape index (κ3) is 3.01. The predicted molar refractivity (Wildman–Crippen MR) is 106 cm³/mol. The molecule has 6 nitrogen and oxygen atoms in total. The number of pyridine rings is 1. The Hall–Kier alpha value is -3.09. The van der Waals surface area contributed by atoms with Crippen molar-refractivity contribution in [1.82, 2.24) is 20.2 Å². The molecule has 5 rings (SSSR count). The van der Waals surface area contributed by atoms with Gasteiger partial charge in [-0.2, -0.15) is 0 Å². The lowest BCUT2D eigenvalue weighted by atomic mass is 9.67. The molecule has 4 atom stereocenters. The summed E-state index contributed by atoms with van der Waals surface area (Å²) >= 11 is 0. The molecule has 3 aromatic rings. The van der Waals surface area contributed by atoms with Crippen molar-refractivity contribution in [3.05, 3.63) is 48.9 Å². The van der Waals surface area contributed by atoms with Crippen LogP contribution in [-0.2, 0) is 0 Å². The lowest BCUT2D eigenvalue weighted by molar-refractivity contribution is -0.0348. The normalized spacial score (nSPS) is 30.6. The molecule has 2 aliphatic carbocycles. The van der Waals surface area contributed by atoms with E-state index in [-0.39, 0.29) is 17.2 Å². The van der Waals surface area contributed by atoms with E-state index in [9.17, 15) is 5.11 Å². The number of aromatic hydroxyl groups is 1. The van der Waals surface area contributed by atoms with Crippen molar-refractivity contribution in [2.75, 3.05) is 0 Å². The number of fused-ring (bicyclic) bond motifs is 3. The smallest absolute Gasteiger partial charge is 0.336 e. The van der Waals surface area contributed by atoms with Gasteiger partial charge in [0.2, 0.25) is 0 Å². The van der Waals surface area contributed by atoms with Crippen molar-refractivity contribution >= 4 is 10.8 Å². The van der Waals surface area contributed by atoms with Crippen molar-refractivity contribution < 1.29 is 14.2 Å². The second-order valence-electron chi connectivity index (χ2n) is 8.65. The summed E-state index contributed by atoms with van der Waals surface area (Å²) in [6.07, 6.45) is 8.53. The van der Waals surface area contributed by atoms with Gasteiger partial charge in [0.25, 0.3) is 0 Å². The van der Waals surface area contributed by atoms with Crippen LogP contribution in [0.1, 0.15) is 26.7 Å². The Morgan fingerprint density at radius 3 is 2.79 bits per heavy atom. The first-order valence-electron chi connectivity index (χ1n) is 9.63. The maximum Gasteiger partial charge on any atom is 0.336 e. The highest BCUT2D eigenvalue weighted by atomic mass is 19.1. The second-order valence-corrected chi connectivity index (χ2v) is 8.65. The summed E-state index contributed by atoms with van der Waals surface area (Å²) < 4.78 is 20.8. The van der Waals surface area contributed by atoms with E-state index >= 15 is 4.39 Å².